The fraction of sp³-hybridized carbons (Fsp3) is 0.333. The van der Waals surface area contributed by atoms with Gasteiger partial charge >= 0.3 is 11.9 Å². The Hall–Kier alpha value is -1.67. The lowest BCUT2D eigenvalue weighted by molar-refractivity contribution is -0.137. The smallest absolute Gasteiger partial charge is 0.330 e. The Balaban J connectivity index is 0. The molecule has 0 radical (unpaired) electrons. The second-order valence-corrected chi connectivity index (χ2v) is 4.32. The van der Waals surface area contributed by atoms with Gasteiger partial charge in [0.2, 0.25) is 0 Å². The van der Waals surface area contributed by atoms with Crippen LogP contribution in [-0.4, -0.2) is 42.4 Å². The molecular weight excluding hydrogens is 252 g/mol. The molecule has 0 aromatic heterocycles. The SMILES string of the molecule is C=C(C)C(=O)O.C=CC(=O)OCCS(=O)(=O)O. The summed E-state index contributed by atoms with van der Waals surface area (Å²) in [5.74, 6) is -2.24. The minimum absolute atomic E-state index is 0.176. The van der Waals surface area contributed by atoms with Crippen LogP contribution in [0.4, 0.5) is 0 Å². The highest BCUT2D eigenvalue weighted by molar-refractivity contribution is 7.85. The first kappa shape index (κ1) is 17.7. The Morgan fingerprint density at radius 1 is 1.41 bits per heavy atom. The number of rotatable bonds is 5. The highest BCUT2D eigenvalue weighted by atomic mass is 32.2. The Labute approximate surface area is 99.1 Å². The van der Waals surface area contributed by atoms with Crippen molar-refractivity contribution in [2.45, 2.75) is 6.92 Å². The summed E-state index contributed by atoms with van der Waals surface area (Å²) in [5.41, 5.74) is 0.176. The van der Waals surface area contributed by atoms with E-state index in [9.17, 15) is 18.0 Å². The van der Waals surface area contributed by atoms with Crippen LogP contribution < -0.4 is 0 Å². The average molecular weight is 266 g/mol. The zero-order valence-corrected chi connectivity index (χ0v) is 10.1. The lowest BCUT2D eigenvalue weighted by Gasteiger charge is -1.97. The number of aliphatic carboxylic acids is 1. The minimum Gasteiger partial charge on any atom is -0.478 e. The Bertz CT molecular complexity index is 382. The van der Waals surface area contributed by atoms with Gasteiger partial charge in [-0.1, -0.05) is 13.2 Å². The largest absolute Gasteiger partial charge is 0.478 e. The maximum Gasteiger partial charge on any atom is 0.330 e. The summed E-state index contributed by atoms with van der Waals surface area (Å²) >= 11 is 0. The number of carbonyl (C=O) groups excluding carboxylic acids is 1. The highest BCUT2D eigenvalue weighted by Crippen LogP contribution is 1.84. The molecule has 0 heterocycles. The second kappa shape index (κ2) is 8.48. The van der Waals surface area contributed by atoms with Gasteiger partial charge in [0, 0.05) is 11.6 Å². The zero-order valence-electron chi connectivity index (χ0n) is 9.25. The molecule has 8 heteroatoms. The van der Waals surface area contributed by atoms with Crippen LogP contribution in [0.15, 0.2) is 24.8 Å². The fourth-order valence-corrected chi connectivity index (χ4v) is 0.600. The molecule has 0 unspecified atom stereocenters. The van der Waals surface area contributed by atoms with Crippen LogP contribution in [-0.2, 0) is 24.4 Å². The molecule has 0 aromatic rings. The molecule has 0 aliphatic carbocycles. The molecule has 7 nitrogen and oxygen atoms in total. The van der Waals surface area contributed by atoms with E-state index >= 15 is 0 Å². The monoisotopic (exact) mass is 266 g/mol. The van der Waals surface area contributed by atoms with E-state index in [0.717, 1.165) is 6.08 Å². The lowest BCUT2D eigenvalue weighted by Crippen LogP contribution is -2.13. The van der Waals surface area contributed by atoms with Crippen molar-refractivity contribution in [2.24, 2.45) is 0 Å². The van der Waals surface area contributed by atoms with Crippen LogP contribution >= 0.6 is 0 Å². The summed E-state index contributed by atoms with van der Waals surface area (Å²) in [6, 6.07) is 0. The normalized spacial score (nSPS) is 9.53. The Morgan fingerprint density at radius 3 is 2.06 bits per heavy atom. The van der Waals surface area contributed by atoms with Gasteiger partial charge in [0.15, 0.2) is 0 Å². The molecule has 0 saturated heterocycles. The van der Waals surface area contributed by atoms with Crippen LogP contribution in [0.2, 0.25) is 0 Å². The van der Waals surface area contributed by atoms with E-state index in [1.54, 1.807) is 0 Å². The van der Waals surface area contributed by atoms with E-state index < -0.39 is 27.8 Å². The van der Waals surface area contributed by atoms with Crippen LogP contribution in [0.3, 0.4) is 0 Å². The molecule has 0 aliphatic rings. The van der Waals surface area contributed by atoms with Crippen LogP contribution in [0.25, 0.3) is 0 Å². The summed E-state index contributed by atoms with van der Waals surface area (Å²) in [4.78, 5) is 19.9. The molecule has 0 saturated carbocycles. The van der Waals surface area contributed by atoms with Gasteiger partial charge in [-0.15, -0.1) is 0 Å². The van der Waals surface area contributed by atoms with E-state index in [1.165, 1.54) is 6.92 Å². The summed E-state index contributed by atoms with van der Waals surface area (Å²) < 4.78 is 32.5. The number of carboxylic acid groups (broad SMARTS) is 1. The molecular formula is C9H14O7S. The van der Waals surface area contributed by atoms with E-state index in [4.69, 9.17) is 9.66 Å². The number of carbonyl (C=O) groups is 2. The van der Waals surface area contributed by atoms with Crippen molar-refractivity contribution >= 4 is 22.1 Å². The van der Waals surface area contributed by atoms with Crippen molar-refractivity contribution in [2.75, 3.05) is 12.4 Å². The first-order chi connectivity index (χ1) is 7.60. The predicted molar refractivity (Wildman–Crippen MR) is 60.0 cm³/mol. The first-order valence-electron chi connectivity index (χ1n) is 4.23. The van der Waals surface area contributed by atoms with Gasteiger partial charge in [0.25, 0.3) is 10.1 Å². The van der Waals surface area contributed by atoms with Gasteiger partial charge in [0.1, 0.15) is 12.4 Å². The molecule has 0 spiro atoms. The third-order valence-electron chi connectivity index (χ3n) is 1.12. The summed E-state index contributed by atoms with van der Waals surface area (Å²) in [7, 11) is -4.04. The number of hydrogen-bond donors (Lipinski definition) is 2. The highest BCUT2D eigenvalue weighted by Gasteiger charge is 2.04. The maximum absolute atomic E-state index is 10.3. The van der Waals surface area contributed by atoms with Gasteiger partial charge in [0.05, 0.1) is 0 Å². The molecule has 0 amide bonds. The minimum atomic E-state index is -4.04. The number of esters is 1. The molecule has 98 valence electrons. The molecule has 0 aromatic carbocycles. The molecule has 0 rings (SSSR count). The van der Waals surface area contributed by atoms with Crippen LogP contribution in [0.1, 0.15) is 6.92 Å². The standard InChI is InChI=1S/C5H8O5S.C4H6O2/c1-2-5(6)10-3-4-11(7,8)9;1-3(2)4(5)6/h2H,1,3-4H2,(H,7,8,9);1H2,2H3,(H,5,6). The van der Waals surface area contributed by atoms with Gasteiger partial charge in [-0.3, -0.25) is 4.55 Å². The molecule has 0 aliphatic heterocycles. The predicted octanol–water partition coefficient (Wildman–Crippen LogP) is 0.251. The van der Waals surface area contributed by atoms with Crippen molar-refractivity contribution in [3.8, 4) is 0 Å². The van der Waals surface area contributed by atoms with Gasteiger partial charge in [-0.05, 0) is 6.92 Å². The number of ether oxygens (including phenoxy) is 1. The summed E-state index contributed by atoms with van der Waals surface area (Å²) in [5, 5.41) is 7.89. The van der Waals surface area contributed by atoms with Gasteiger partial charge in [-0.2, -0.15) is 8.42 Å². The molecule has 0 bridgehead atoms. The summed E-state index contributed by atoms with van der Waals surface area (Å²) in [6.45, 7) is 7.33. The van der Waals surface area contributed by atoms with E-state index in [-0.39, 0.29) is 12.2 Å². The summed E-state index contributed by atoms with van der Waals surface area (Å²) in [6.07, 6.45) is 0.907. The Morgan fingerprint density at radius 2 is 1.82 bits per heavy atom. The van der Waals surface area contributed by atoms with E-state index in [0.29, 0.717) is 0 Å². The zero-order chi connectivity index (χ0) is 14.1. The maximum atomic E-state index is 10.3. The van der Waals surface area contributed by atoms with Crippen molar-refractivity contribution in [3.05, 3.63) is 24.8 Å². The fourth-order valence-electron chi connectivity index (χ4n) is 0.306. The molecule has 0 atom stereocenters. The quantitative estimate of drug-likeness (QED) is 0.416. The Kier molecular flexibility index (Phi) is 8.84. The second-order valence-electron chi connectivity index (χ2n) is 2.74. The van der Waals surface area contributed by atoms with Crippen molar-refractivity contribution < 1.29 is 32.4 Å². The molecule has 0 fully saturated rings. The average Bonchev–Trinajstić information content (AvgIpc) is 2.16. The third kappa shape index (κ3) is 17.0. The van der Waals surface area contributed by atoms with Crippen molar-refractivity contribution in [3.63, 3.8) is 0 Å². The van der Waals surface area contributed by atoms with Crippen molar-refractivity contribution in [1.29, 1.82) is 0 Å². The van der Waals surface area contributed by atoms with E-state index in [2.05, 4.69) is 17.9 Å². The topological polar surface area (TPSA) is 118 Å². The number of hydrogen-bond acceptors (Lipinski definition) is 5. The first-order valence-corrected chi connectivity index (χ1v) is 5.84. The van der Waals surface area contributed by atoms with Gasteiger partial charge < -0.3 is 9.84 Å². The lowest BCUT2D eigenvalue weighted by atomic mass is 10.4. The van der Waals surface area contributed by atoms with E-state index in [1.807, 2.05) is 0 Å². The number of carboxylic acids is 1. The van der Waals surface area contributed by atoms with Gasteiger partial charge in [-0.25, -0.2) is 9.59 Å². The van der Waals surface area contributed by atoms with Crippen LogP contribution in [0.5, 0.6) is 0 Å². The molecule has 17 heavy (non-hydrogen) atoms. The molecule has 2 N–H and O–H groups in total. The van der Waals surface area contributed by atoms with Crippen molar-refractivity contribution in [1.82, 2.24) is 0 Å². The third-order valence-corrected chi connectivity index (χ3v) is 1.80. The van der Waals surface area contributed by atoms with Crippen LogP contribution in [0, 0.1) is 0 Å².